The highest BCUT2D eigenvalue weighted by atomic mass is 16.5. The van der Waals surface area contributed by atoms with Crippen LogP contribution < -0.4 is 4.90 Å². The SMILES string of the molecule is COCCN(Cc1c(-c2ccccc2)noc1N1CCCC1)C(=O)c1ccco1. The molecule has 2 aromatic heterocycles. The molecule has 1 amide bonds. The summed E-state index contributed by atoms with van der Waals surface area (Å²) in [6.45, 7) is 3.09. The van der Waals surface area contributed by atoms with Gasteiger partial charge in [-0.2, -0.15) is 0 Å². The minimum absolute atomic E-state index is 0.181. The van der Waals surface area contributed by atoms with Gasteiger partial charge in [-0.1, -0.05) is 35.5 Å². The average Bonchev–Trinajstić information content (AvgIpc) is 3.52. The zero-order chi connectivity index (χ0) is 20.1. The second-order valence-corrected chi connectivity index (χ2v) is 7.07. The van der Waals surface area contributed by atoms with E-state index in [2.05, 4.69) is 10.1 Å². The van der Waals surface area contributed by atoms with Gasteiger partial charge in [-0.25, -0.2) is 0 Å². The van der Waals surface area contributed by atoms with Crippen LogP contribution in [0.25, 0.3) is 11.3 Å². The van der Waals surface area contributed by atoms with E-state index in [0.717, 1.165) is 48.6 Å². The third-order valence-electron chi connectivity index (χ3n) is 5.14. The fraction of sp³-hybridized carbons (Fsp3) is 0.364. The Morgan fingerprint density at radius 1 is 1.17 bits per heavy atom. The van der Waals surface area contributed by atoms with E-state index in [0.29, 0.717) is 25.5 Å². The molecule has 1 aliphatic rings. The minimum atomic E-state index is -0.181. The average molecular weight is 395 g/mol. The van der Waals surface area contributed by atoms with E-state index in [4.69, 9.17) is 13.7 Å². The molecule has 3 aromatic rings. The Labute approximate surface area is 169 Å². The number of anilines is 1. The maximum atomic E-state index is 13.0. The van der Waals surface area contributed by atoms with Crippen molar-refractivity contribution in [2.45, 2.75) is 19.4 Å². The van der Waals surface area contributed by atoms with Crippen molar-refractivity contribution in [1.29, 1.82) is 0 Å². The Morgan fingerprint density at radius 3 is 2.66 bits per heavy atom. The van der Waals surface area contributed by atoms with E-state index in [-0.39, 0.29) is 5.91 Å². The lowest BCUT2D eigenvalue weighted by molar-refractivity contribution is 0.0649. The summed E-state index contributed by atoms with van der Waals surface area (Å²) in [5.74, 6) is 0.872. The first kappa shape index (κ1) is 19.3. The summed E-state index contributed by atoms with van der Waals surface area (Å²) in [4.78, 5) is 17.0. The third-order valence-corrected chi connectivity index (χ3v) is 5.14. The van der Waals surface area contributed by atoms with E-state index in [9.17, 15) is 4.79 Å². The molecule has 29 heavy (non-hydrogen) atoms. The van der Waals surface area contributed by atoms with Gasteiger partial charge in [0.1, 0.15) is 5.69 Å². The summed E-state index contributed by atoms with van der Waals surface area (Å²) in [5.41, 5.74) is 2.64. The normalized spacial score (nSPS) is 13.8. The van der Waals surface area contributed by atoms with Crippen LogP contribution in [0.15, 0.2) is 57.7 Å². The molecule has 0 unspecified atom stereocenters. The largest absolute Gasteiger partial charge is 0.459 e. The van der Waals surface area contributed by atoms with Crippen molar-refractivity contribution in [1.82, 2.24) is 10.1 Å². The van der Waals surface area contributed by atoms with E-state index in [1.54, 1.807) is 24.1 Å². The molecule has 1 fully saturated rings. The van der Waals surface area contributed by atoms with Crippen molar-refractivity contribution in [2.24, 2.45) is 0 Å². The van der Waals surface area contributed by atoms with Crippen LogP contribution in [0.4, 0.5) is 5.88 Å². The number of ether oxygens (including phenoxy) is 1. The van der Waals surface area contributed by atoms with Gasteiger partial charge < -0.3 is 23.5 Å². The highest BCUT2D eigenvalue weighted by Crippen LogP contribution is 2.34. The monoisotopic (exact) mass is 395 g/mol. The van der Waals surface area contributed by atoms with Crippen molar-refractivity contribution in [3.05, 3.63) is 60.1 Å². The van der Waals surface area contributed by atoms with Crippen molar-refractivity contribution >= 4 is 11.8 Å². The van der Waals surface area contributed by atoms with Gasteiger partial charge in [0.25, 0.3) is 5.91 Å². The summed E-state index contributed by atoms with van der Waals surface area (Å²) in [5, 5.41) is 4.38. The molecule has 1 saturated heterocycles. The predicted octanol–water partition coefficient (Wildman–Crippen LogP) is 3.82. The van der Waals surface area contributed by atoms with Crippen LogP contribution in [0.2, 0.25) is 0 Å². The number of benzene rings is 1. The van der Waals surface area contributed by atoms with E-state index < -0.39 is 0 Å². The van der Waals surface area contributed by atoms with Gasteiger partial charge >= 0.3 is 0 Å². The number of carbonyl (C=O) groups is 1. The summed E-state index contributed by atoms with van der Waals surface area (Å²) in [7, 11) is 1.63. The number of rotatable bonds is 8. The van der Waals surface area contributed by atoms with Crippen LogP contribution in [-0.4, -0.2) is 49.3 Å². The number of carbonyl (C=O) groups excluding carboxylic acids is 1. The summed E-state index contributed by atoms with van der Waals surface area (Å²) < 4.78 is 16.4. The maximum absolute atomic E-state index is 13.0. The number of amides is 1. The van der Waals surface area contributed by atoms with Crippen LogP contribution in [0, 0.1) is 0 Å². The second kappa shape index (κ2) is 8.96. The number of aromatic nitrogens is 1. The molecule has 7 heteroatoms. The summed E-state index contributed by atoms with van der Waals surface area (Å²) in [6, 6.07) is 13.3. The number of furan rings is 1. The molecule has 0 radical (unpaired) electrons. The summed E-state index contributed by atoms with van der Waals surface area (Å²) in [6.07, 6.45) is 3.76. The van der Waals surface area contributed by atoms with E-state index in [1.807, 2.05) is 30.3 Å². The molecule has 152 valence electrons. The van der Waals surface area contributed by atoms with Crippen molar-refractivity contribution in [2.75, 3.05) is 38.3 Å². The number of hydrogen-bond acceptors (Lipinski definition) is 6. The highest BCUT2D eigenvalue weighted by molar-refractivity contribution is 5.91. The smallest absolute Gasteiger partial charge is 0.289 e. The molecular formula is C22H25N3O4. The van der Waals surface area contributed by atoms with Crippen molar-refractivity contribution < 1.29 is 18.5 Å². The number of methoxy groups -OCH3 is 1. The number of hydrogen-bond donors (Lipinski definition) is 0. The molecule has 3 heterocycles. The predicted molar refractivity (Wildman–Crippen MR) is 109 cm³/mol. The maximum Gasteiger partial charge on any atom is 0.289 e. The van der Waals surface area contributed by atoms with Gasteiger partial charge in [0.2, 0.25) is 5.88 Å². The van der Waals surface area contributed by atoms with Gasteiger partial charge in [-0.15, -0.1) is 0 Å². The quantitative estimate of drug-likeness (QED) is 0.577. The van der Waals surface area contributed by atoms with Crippen LogP contribution >= 0.6 is 0 Å². The minimum Gasteiger partial charge on any atom is -0.459 e. The molecule has 0 saturated carbocycles. The zero-order valence-corrected chi connectivity index (χ0v) is 16.5. The van der Waals surface area contributed by atoms with Crippen LogP contribution in [-0.2, 0) is 11.3 Å². The van der Waals surface area contributed by atoms with Gasteiger partial charge in [0, 0.05) is 32.3 Å². The molecule has 1 aliphatic heterocycles. The Balaban J connectivity index is 1.70. The molecule has 4 rings (SSSR count). The van der Waals surface area contributed by atoms with Gasteiger partial charge in [0.15, 0.2) is 5.76 Å². The standard InChI is InChI=1S/C22H25N3O4/c1-27-15-13-25(21(26)19-10-7-14-28-19)16-18-20(17-8-3-2-4-9-17)23-29-22(18)24-11-5-6-12-24/h2-4,7-10,14H,5-6,11-13,15-16H2,1H3. The number of nitrogens with zero attached hydrogens (tertiary/aromatic N) is 3. The molecule has 0 bridgehead atoms. The Morgan fingerprint density at radius 2 is 1.97 bits per heavy atom. The Hall–Kier alpha value is -3.06. The van der Waals surface area contributed by atoms with E-state index >= 15 is 0 Å². The first-order chi connectivity index (χ1) is 14.3. The van der Waals surface area contributed by atoms with Crippen molar-refractivity contribution in [3.8, 4) is 11.3 Å². The van der Waals surface area contributed by atoms with Crippen molar-refractivity contribution in [3.63, 3.8) is 0 Å². The Kier molecular flexibility index (Phi) is 5.95. The fourth-order valence-electron chi connectivity index (χ4n) is 3.64. The van der Waals surface area contributed by atoms with Gasteiger partial charge in [0.05, 0.1) is 25.0 Å². The molecule has 1 aromatic carbocycles. The Bertz CT molecular complexity index is 915. The van der Waals surface area contributed by atoms with Crippen LogP contribution in [0.1, 0.15) is 29.0 Å². The summed E-state index contributed by atoms with van der Waals surface area (Å²) >= 11 is 0. The lowest BCUT2D eigenvalue weighted by Crippen LogP contribution is -2.34. The fourth-order valence-corrected chi connectivity index (χ4v) is 3.64. The zero-order valence-electron chi connectivity index (χ0n) is 16.5. The lowest BCUT2D eigenvalue weighted by Gasteiger charge is -2.23. The van der Waals surface area contributed by atoms with Crippen LogP contribution in [0.3, 0.4) is 0 Å². The molecule has 0 aliphatic carbocycles. The molecule has 0 N–H and O–H groups in total. The first-order valence-electron chi connectivity index (χ1n) is 9.88. The molecule has 7 nitrogen and oxygen atoms in total. The van der Waals surface area contributed by atoms with E-state index in [1.165, 1.54) is 6.26 Å². The third kappa shape index (κ3) is 4.19. The topological polar surface area (TPSA) is 72.0 Å². The van der Waals surface area contributed by atoms with Gasteiger partial charge in [-0.05, 0) is 25.0 Å². The molecule has 0 atom stereocenters. The lowest BCUT2D eigenvalue weighted by atomic mass is 10.1. The first-order valence-corrected chi connectivity index (χ1v) is 9.88. The van der Waals surface area contributed by atoms with Gasteiger partial charge in [-0.3, -0.25) is 4.79 Å². The molecule has 0 spiro atoms. The highest BCUT2D eigenvalue weighted by Gasteiger charge is 2.28. The molecular weight excluding hydrogens is 370 g/mol. The second-order valence-electron chi connectivity index (χ2n) is 7.07. The van der Waals surface area contributed by atoms with Crippen LogP contribution in [0.5, 0.6) is 0 Å².